The Morgan fingerprint density at radius 2 is 2.06 bits per heavy atom. The standard InChI is InChI=1S/C13H12F2N2S/c14-9-4-5-11(15)10(7-9)12(16)8-18-13-3-1-2-6-17-13/h1-7,12H,8,16H2. The number of hydrogen-bond acceptors (Lipinski definition) is 3. The number of benzene rings is 1. The van der Waals surface area contributed by atoms with Crippen molar-refractivity contribution in [3.8, 4) is 0 Å². The van der Waals surface area contributed by atoms with Crippen molar-refractivity contribution in [1.29, 1.82) is 0 Å². The lowest BCUT2D eigenvalue weighted by molar-refractivity contribution is 0.573. The predicted molar refractivity (Wildman–Crippen MR) is 68.2 cm³/mol. The summed E-state index contributed by atoms with van der Waals surface area (Å²) in [5.74, 6) is -0.521. The highest BCUT2D eigenvalue weighted by Gasteiger charge is 2.13. The van der Waals surface area contributed by atoms with E-state index >= 15 is 0 Å². The zero-order valence-electron chi connectivity index (χ0n) is 9.51. The Morgan fingerprint density at radius 3 is 2.78 bits per heavy atom. The van der Waals surface area contributed by atoms with Gasteiger partial charge < -0.3 is 5.73 Å². The molecule has 0 aliphatic heterocycles. The fraction of sp³-hybridized carbons (Fsp3) is 0.154. The molecule has 1 atom stereocenters. The summed E-state index contributed by atoms with van der Waals surface area (Å²) in [5.41, 5.74) is 6.05. The number of nitrogens with two attached hydrogens (primary N) is 1. The van der Waals surface area contributed by atoms with E-state index in [2.05, 4.69) is 4.98 Å². The minimum absolute atomic E-state index is 0.193. The van der Waals surface area contributed by atoms with Gasteiger partial charge in [-0.2, -0.15) is 0 Å². The zero-order chi connectivity index (χ0) is 13.0. The average molecular weight is 266 g/mol. The third-order valence-electron chi connectivity index (χ3n) is 2.41. The number of nitrogens with zero attached hydrogens (tertiary/aromatic N) is 1. The molecule has 2 rings (SSSR count). The summed E-state index contributed by atoms with van der Waals surface area (Å²) < 4.78 is 26.5. The molecule has 0 saturated carbocycles. The maximum Gasteiger partial charge on any atom is 0.128 e. The summed E-state index contributed by atoms with van der Waals surface area (Å²) in [6.45, 7) is 0. The Balaban J connectivity index is 2.03. The van der Waals surface area contributed by atoms with E-state index in [1.54, 1.807) is 6.20 Å². The minimum Gasteiger partial charge on any atom is -0.323 e. The van der Waals surface area contributed by atoms with Crippen molar-refractivity contribution in [1.82, 2.24) is 4.98 Å². The molecular formula is C13H12F2N2S. The maximum atomic E-state index is 13.5. The number of aromatic nitrogens is 1. The van der Waals surface area contributed by atoms with Crippen LogP contribution in [0.1, 0.15) is 11.6 Å². The summed E-state index contributed by atoms with van der Waals surface area (Å²) >= 11 is 1.41. The van der Waals surface area contributed by atoms with Crippen LogP contribution in [0.25, 0.3) is 0 Å². The number of rotatable bonds is 4. The van der Waals surface area contributed by atoms with Crippen LogP contribution in [0.15, 0.2) is 47.6 Å². The van der Waals surface area contributed by atoms with E-state index in [4.69, 9.17) is 5.73 Å². The normalized spacial score (nSPS) is 12.4. The van der Waals surface area contributed by atoms with Crippen molar-refractivity contribution in [2.75, 3.05) is 5.75 Å². The van der Waals surface area contributed by atoms with Gasteiger partial charge in [-0.25, -0.2) is 13.8 Å². The van der Waals surface area contributed by atoms with Gasteiger partial charge in [-0.15, -0.1) is 11.8 Å². The molecule has 1 heterocycles. The fourth-order valence-corrected chi connectivity index (χ4v) is 2.34. The molecule has 0 aliphatic rings. The van der Waals surface area contributed by atoms with E-state index in [1.807, 2.05) is 18.2 Å². The van der Waals surface area contributed by atoms with Crippen LogP contribution in [0, 0.1) is 11.6 Å². The fourth-order valence-electron chi connectivity index (χ4n) is 1.50. The quantitative estimate of drug-likeness (QED) is 0.864. The van der Waals surface area contributed by atoms with Gasteiger partial charge in [0.25, 0.3) is 0 Å². The van der Waals surface area contributed by atoms with E-state index in [-0.39, 0.29) is 5.56 Å². The Kier molecular flexibility index (Phi) is 4.28. The minimum atomic E-state index is -0.562. The van der Waals surface area contributed by atoms with Crippen molar-refractivity contribution in [3.05, 3.63) is 59.8 Å². The summed E-state index contributed by atoms with van der Waals surface area (Å²) in [4.78, 5) is 4.12. The highest BCUT2D eigenvalue weighted by molar-refractivity contribution is 7.99. The average Bonchev–Trinajstić information content (AvgIpc) is 2.40. The largest absolute Gasteiger partial charge is 0.323 e. The van der Waals surface area contributed by atoms with Gasteiger partial charge in [0.05, 0.1) is 5.03 Å². The van der Waals surface area contributed by atoms with Gasteiger partial charge in [-0.3, -0.25) is 0 Å². The van der Waals surface area contributed by atoms with E-state index in [0.29, 0.717) is 5.75 Å². The van der Waals surface area contributed by atoms with E-state index in [0.717, 1.165) is 23.2 Å². The van der Waals surface area contributed by atoms with Crippen LogP contribution in [0.5, 0.6) is 0 Å². The molecule has 2 N–H and O–H groups in total. The van der Waals surface area contributed by atoms with Gasteiger partial charge in [0.2, 0.25) is 0 Å². The third kappa shape index (κ3) is 3.27. The van der Waals surface area contributed by atoms with Gasteiger partial charge >= 0.3 is 0 Å². The Hall–Kier alpha value is -1.46. The number of halogens is 2. The first-order valence-corrected chi connectivity index (χ1v) is 6.40. The van der Waals surface area contributed by atoms with Gasteiger partial charge in [-0.05, 0) is 30.3 Å². The molecule has 1 unspecified atom stereocenters. The van der Waals surface area contributed by atoms with Crippen LogP contribution in [-0.4, -0.2) is 10.7 Å². The van der Waals surface area contributed by atoms with Crippen LogP contribution >= 0.6 is 11.8 Å². The first kappa shape index (κ1) is 13.0. The molecule has 0 spiro atoms. The lowest BCUT2D eigenvalue weighted by Gasteiger charge is -2.12. The van der Waals surface area contributed by atoms with Gasteiger partial charge in [-0.1, -0.05) is 6.07 Å². The van der Waals surface area contributed by atoms with Crippen molar-refractivity contribution < 1.29 is 8.78 Å². The second-order valence-corrected chi connectivity index (χ2v) is 4.79. The summed E-state index contributed by atoms with van der Waals surface area (Å²) in [7, 11) is 0. The van der Waals surface area contributed by atoms with Crippen LogP contribution < -0.4 is 5.73 Å². The van der Waals surface area contributed by atoms with Crippen molar-refractivity contribution in [3.63, 3.8) is 0 Å². The molecule has 0 radical (unpaired) electrons. The first-order valence-electron chi connectivity index (χ1n) is 5.41. The predicted octanol–water partition coefficient (Wildman–Crippen LogP) is 3.15. The SMILES string of the molecule is NC(CSc1ccccn1)c1cc(F)ccc1F. The number of hydrogen-bond donors (Lipinski definition) is 1. The van der Waals surface area contributed by atoms with Crippen LogP contribution in [0.3, 0.4) is 0 Å². The van der Waals surface area contributed by atoms with Crippen LogP contribution in [0.4, 0.5) is 8.78 Å². The lowest BCUT2D eigenvalue weighted by Crippen LogP contribution is -2.15. The molecule has 0 amide bonds. The summed E-state index contributed by atoms with van der Waals surface area (Å²) in [6, 6.07) is 8.28. The van der Waals surface area contributed by atoms with Gasteiger partial charge in [0, 0.05) is 23.6 Å². The Labute approximate surface area is 108 Å². The van der Waals surface area contributed by atoms with E-state index in [9.17, 15) is 8.78 Å². The molecule has 18 heavy (non-hydrogen) atoms. The first-order chi connectivity index (χ1) is 8.66. The maximum absolute atomic E-state index is 13.5. The van der Waals surface area contributed by atoms with Crippen molar-refractivity contribution in [2.45, 2.75) is 11.1 Å². The molecule has 94 valence electrons. The van der Waals surface area contributed by atoms with Crippen molar-refractivity contribution >= 4 is 11.8 Å². The van der Waals surface area contributed by atoms with Gasteiger partial charge in [0.15, 0.2) is 0 Å². The molecule has 2 nitrogen and oxygen atoms in total. The van der Waals surface area contributed by atoms with E-state index in [1.165, 1.54) is 11.8 Å². The molecular weight excluding hydrogens is 254 g/mol. The molecule has 0 bridgehead atoms. The van der Waals surface area contributed by atoms with Crippen molar-refractivity contribution in [2.24, 2.45) is 5.73 Å². The monoisotopic (exact) mass is 266 g/mol. The summed E-state index contributed by atoms with van der Waals surface area (Å²) in [6.07, 6.45) is 1.68. The second kappa shape index (κ2) is 5.93. The highest BCUT2D eigenvalue weighted by atomic mass is 32.2. The molecule has 0 aliphatic carbocycles. The number of pyridine rings is 1. The lowest BCUT2D eigenvalue weighted by atomic mass is 10.1. The van der Waals surface area contributed by atoms with E-state index < -0.39 is 17.7 Å². The number of thioether (sulfide) groups is 1. The molecule has 5 heteroatoms. The zero-order valence-corrected chi connectivity index (χ0v) is 10.3. The molecule has 1 aromatic carbocycles. The smallest absolute Gasteiger partial charge is 0.128 e. The molecule has 1 aromatic heterocycles. The topological polar surface area (TPSA) is 38.9 Å². The molecule has 0 fully saturated rings. The highest BCUT2D eigenvalue weighted by Crippen LogP contribution is 2.23. The Morgan fingerprint density at radius 1 is 1.22 bits per heavy atom. The van der Waals surface area contributed by atoms with Crippen LogP contribution in [0.2, 0.25) is 0 Å². The second-order valence-electron chi connectivity index (χ2n) is 3.75. The van der Waals surface area contributed by atoms with Crippen LogP contribution in [-0.2, 0) is 0 Å². The summed E-state index contributed by atoms with van der Waals surface area (Å²) in [5, 5.41) is 0.810. The third-order valence-corrected chi connectivity index (χ3v) is 3.47. The molecule has 0 saturated heterocycles. The molecule has 2 aromatic rings. The Bertz CT molecular complexity index is 520. The van der Waals surface area contributed by atoms with Gasteiger partial charge in [0.1, 0.15) is 11.6 Å².